The van der Waals surface area contributed by atoms with E-state index < -0.39 is 29.2 Å². The molecular formula is C12H12ClF3O3. The van der Waals surface area contributed by atoms with Gasteiger partial charge in [0.15, 0.2) is 5.56 Å². The summed E-state index contributed by atoms with van der Waals surface area (Å²) >= 11 is 5.66. The van der Waals surface area contributed by atoms with Gasteiger partial charge in [-0.05, 0) is 12.1 Å². The molecule has 0 bridgehead atoms. The van der Waals surface area contributed by atoms with Gasteiger partial charge < -0.3 is 9.47 Å². The zero-order valence-corrected chi connectivity index (χ0v) is 11.0. The molecule has 0 saturated carbocycles. The SMILES string of the molecule is CC(C)C(Cl)OC(=O)Oc1ccccc1C(F)(F)F. The molecular weight excluding hydrogens is 285 g/mol. The number of hydrogen-bond acceptors (Lipinski definition) is 3. The van der Waals surface area contributed by atoms with Crippen LogP contribution in [0.15, 0.2) is 24.3 Å². The second-order valence-electron chi connectivity index (χ2n) is 4.06. The van der Waals surface area contributed by atoms with Gasteiger partial charge >= 0.3 is 12.3 Å². The van der Waals surface area contributed by atoms with Crippen LogP contribution in [0.3, 0.4) is 0 Å². The van der Waals surface area contributed by atoms with Gasteiger partial charge in [-0.15, -0.1) is 0 Å². The Kier molecular flexibility index (Phi) is 5.05. The van der Waals surface area contributed by atoms with Crippen LogP contribution in [-0.2, 0) is 10.9 Å². The van der Waals surface area contributed by atoms with E-state index in [1.165, 1.54) is 12.1 Å². The van der Waals surface area contributed by atoms with Crippen LogP contribution in [0.25, 0.3) is 0 Å². The first kappa shape index (κ1) is 15.6. The Morgan fingerprint density at radius 1 is 1.26 bits per heavy atom. The molecule has 1 aromatic rings. The summed E-state index contributed by atoms with van der Waals surface area (Å²) in [4.78, 5) is 11.3. The highest BCUT2D eigenvalue weighted by atomic mass is 35.5. The van der Waals surface area contributed by atoms with Crippen LogP contribution in [-0.4, -0.2) is 11.7 Å². The summed E-state index contributed by atoms with van der Waals surface area (Å²) in [5, 5.41) is 0. The molecule has 0 aromatic heterocycles. The van der Waals surface area contributed by atoms with E-state index in [-0.39, 0.29) is 5.92 Å². The number of ether oxygens (including phenoxy) is 2. The second-order valence-corrected chi connectivity index (χ2v) is 4.49. The molecule has 0 radical (unpaired) electrons. The number of para-hydroxylation sites is 1. The van der Waals surface area contributed by atoms with Crippen LogP contribution >= 0.6 is 11.6 Å². The third kappa shape index (κ3) is 4.63. The van der Waals surface area contributed by atoms with Crippen LogP contribution in [0.5, 0.6) is 5.75 Å². The van der Waals surface area contributed by atoms with E-state index in [1.807, 2.05) is 0 Å². The standard InChI is InChI=1S/C12H12ClF3O3/c1-7(2)10(13)19-11(17)18-9-6-4-3-5-8(9)12(14,15)16/h3-7,10H,1-2H3. The second kappa shape index (κ2) is 6.14. The van der Waals surface area contributed by atoms with Crippen molar-refractivity contribution in [3.8, 4) is 5.75 Å². The fraction of sp³-hybridized carbons (Fsp3) is 0.417. The summed E-state index contributed by atoms with van der Waals surface area (Å²) in [6, 6.07) is 4.35. The Morgan fingerprint density at radius 3 is 2.37 bits per heavy atom. The smallest absolute Gasteiger partial charge is 0.414 e. The Labute approximate surface area is 113 Å². The lowest BCUT2D eigenvalue weighted by molar-refractivity contribution is -0.138. The number of carbonyl (C=O) groups is 1. The fourth-order valence-corrected chi connectivity index (χ4v) is 1.20. The van der Waals surface area contributed by atoms with E-state index in [4.69, 9.17) is 11.6 Å². The maximum Gasteiger partial charge on any atom is 0.515 e. The first-order chi connectivity index (χ1) is 8.71. The topological polar surface area (TPSA) is 35.5 Å². The van der Waals surface area contributed by atoms with Crippen molar-refractivity contribution in [1.29, 1.82) is 0 Å². The molecule has 1 aromatic carbocycles. The van der Waals surface area contributed by atoms with Gasteiger partial charge in [-0.2, -0.15) is 13.2 Å². The molecule has 19 heavy (non-hydrogen) atoms. The molecule has 0 fully saturated rings. The van der Waals surface area contributed by atoms with Crippen LogP contribution in [0.2, 0.25) is 0 Å². The zero-order valence-electron chi connectivity index (χ0n) is 10.2. The maximum atomic E-state index is 12.6. The van der Waals surface area contributed by atoms with E-state index in [0.717, 1.165) is 12.1 Å². The third-order valence-corrected chi connectivity index (χ3v) is 2.71. The largest absolute Gasteiger partial charge is 0.515 e. The molecule has 1 atom stereocenters. The van der Waals surface area contributed by atoms with Gasteiger partial charge in [0.2, 0.25) is 0 Å². The lowest BCUT2D eigenvalue weighted by atomic mass is 10.2. The average molecular weight is 297 g/mol. The molecule has 7 heteroatoms. The predicted octanol–water partition coefficient (Wildman–Crippen LogP) is 4.44. The number of benzene rings is 1. The lowest BCUT2D eigenvalue weighted by Crippen LogP contribution is -2.21. The number of rotatable bonds is 3. The summed E-state index contributed by atoms with van der Waals surface area (Å²) in [5.41, 5.74) is -2.02. The van der Waals surface area contributed by atoms with Crippen molar-refractivity contribution in [1.82, 2.24) is 0 Å². The van der Waals surface area contributed by atoms with Crippen molar-refractivity contribution in [2.24, 2.45) is 5.92 Å². The quantitative estimate of drug-likeness (QED) is 0.470. The molecule has 0 amide bonds. The summed E-state index contributed by atoms with van der Waals surface area (Å²) in [5.74, 6) is -0.806. The van der Waals surface area contributed by atoms with Crippen LogP contribution in [0.4, 0.5) is 18.0 Å². The summed E-state index contributed by atoms with van der Waals surface area (Å²) in [7, 11) is 0. The normalized spacial score (nSPS) is 13.2. The molecule has 3 nitrogen and oxygen atoms in total. The molecule has 1 rings (SSSR count). The molecule has 0 N–H and O–H groups in total. The summed E-state index contributed by atoms with van der Waals surface area (Å²) < 4.78 is 47.0. The first-order valence-corrected chi connectivity index (χ1v) is 5.84. The van der Waals surface area contributed by atoms with Crippen molar-refractivity contribution in [2.45, 2.75) is 25.6 Å². The summed E-state index contributed by atoms with van der Waals surface area (Å²) in [6.45, 7) is 3.38. The Balaban J connectivity index is 2.80. The zero-order chi connectivity index (χ0) is 14.6. The number of hydrogen-bond donors (Lipinski definition) is 0. The van der Waals surface area contributed by atoms with E-state index in [1.54, 1.807) is 13.8 Å². The molecule has 0 aliphatic rings. The minimum Gasteiger partial charge on any atom is -0.414 e. The van der Waals surface area contributed by atoms with Crippen LogP contribution < -0.4 is 4.74 Å². The van der Waals surface area contributed by atoms with Gasteiger partial charge in [0, 0.05) is 5.92 Å². The Bertz CT molecular complexity index is 446. The van der Waals surface area contributed by atoms with Gasteiger partial charge in [0.05, 0.1) is 5.56 Å². The fourth-order valence-electron chi connectivity index (χ4n) is 1.13. The number of carbonyl (C=O) groups excluding carboxylic acids is 1. The van der Waals surface area contributed by atoms with E-state index in [2.05, 4.69) is 9.47 Å². The highest BCUT2D eigenvalue weighted by Crippen LogP contribution is 2.36. The van der Waals surface area contributed by atoms with Gasteiger partial charge in [0.1, 0.15) is 5.75 Å². The van der Waals surface area contributed by atoms with Crippen LogP contribution in [0.1, 0.15) is 19.4 Å². The van der Waals surface area contributed by atoms with Gasteiger partial charge in [-0.3, -0.25) is 0 Å². The predicted molar refractivity (Wildman–Crippen MR) is 63.0 cm³/mol. The van der Waals surface area contributed by atoms with Gasteiger partial charge in [-0.25, -0.2) is 4.79 Å². The van der Waals surface area contributed by atoms with E-state index in [9.17, 15) is 18.0 Å². The Morgan fingerprint density at radius 2 is 1.84 bits per heavy atom. The van der Waals surface area contributed by atoms with E-state index >= 15 is 0 Å². The van der Waals surface area contributed by atoms with Gasteiger partial charge in [-0.1, -0.05) is 37.6 Å². The molecule has 0 saturated heterocycles. The molecule has 0 heterocycles. The highest BCUT2D eigenvalue weighted by Gasteiger charge is 2.35. The minimum atomic E-state index is -4.62. The van der Waals surface area contributed by atoms with Crippen LogP contribution in [0, 0.1) is 5.92 Å². The lowest BCUT2D eigenvalue weighted by Gasteiger charge is -2.16. The minimum absolute atomic E-state index is 0.188. The van der Waals surface area contributed by atoms with Crippen molar-refractivity contribution in [3.63, 3.8) is 0 Å². The number of alkyl halides is 4. The molecule has 0 spiro atoms. The van der Waals surface area contributed by atoms with Crippen molar-refractivity contribution < 1.29 is 27.4 Å². The van der Waals surface area contributed by atoms with E-state index in [0.29, 0.717) is 0 Å². The Hall–Kier alpha value is -1.43. The molecule has 1 unspecified atom stereocenters. The molecule has 106 valence electrons. The van der Waals surface area contributed by atoms with Gasteiger partial charge in [0.25, 0.3) is 0 Å². The third-order valence-electron chi connectivity index (χ3n) is 2.12. The summed E-state index contributed by atoms with van der Waals surface area (Å²) in [6.07, 6.45) is -5.89. The number of halogens is 4. The molecule has 0 aliphatic carbocycles. The maximum absolute atomic E-state index is 12.6. The molecule has 0 aliphatic heterocycles. The monoisotopic (exact) mass is 296 g/mol. The van der Waals surface area contributed by atoms with Crippen molar-refractivity contribution in [3.05, 3.63) is 29.8 Å². The highest BCUT2D eigenvalue weighted by molar-refractivity contribution is 6.20. The first-order valence-electron chi connectivity index (χ1n) is 5.40. The van der Waals surface area contributed by atoms with Crippen molar-refractivity contribution >= 4 is 17.8 Å². The average Bonchev–Trinajstić information content (AvgIpc) is 2.27. The van der Waals surface area contributed by atoms with Crippen molar-refractivity contribution in [2.75, 3.05) is 0 Å².